The standard InChI is InChI=1S/C14H17N7/c1-10-15-4-6-20(10)7-11-3-2-5-21(11)14-12-13(17-8-16-12)18-9-19-14/h4,6,8-9,11H,2-3,5,7H2,1H3,(H,16,17,18,19)/t11-/m0/s1. The summed E-state index contributed by atoms with van der Waals surface area (Å²) in [6, 6.07) is 0.430. The van der Waals surface area contributed by atoms with Gasteiger partial charge in [-0.2, -0.15) is 0 Å². The summed E-state index contributed by atoms with van der Waals surface area (Å²) in [4.78, 5) is 22.7. The predicted octanol–water partition coefficient (Wildman–Crippen LogP) is 1.53. The third kappa shape index (κ3) is 2.05. The van der Waals surface area contributed by atoms with Crippen LogP contribution in [0.1, 0.15) is 18.7 Å². The minimum Gasteiger partial charge on any atom is -0.350 e. The van der Waals surface area contributed by atoms with Crippen LogP contribution < -0.4 is 4.90 Å². The van der Waals surface area contributed by atoms with E-state index in [9.17, 15) is 0 Å². The summed E-state index contributed by atoms with van der Waals surface area (Å²) in [5, 5.41) is 0. The molecular formula is C14H17N7. The molecule has 4 heterocycles. The van der Waals surface area contributed by atoms with Gasteiger partial charge in [0.15, 0.2) is 11.5 Å². The Bertz CT molecular complexity index is 759. The highest BCUT2D eigenvalue weighted by molar-refractivity contribution is 5.82. The van der Waals surface area contributed by atoms with Crippen LogP contribution in [0.4, 0.5) is 5.82 Å². The van der Waals surface area contributed by atoms with Gasteiger partial charge in [0.2, 0.25) is 0 Å². The number of imidazole rings is 2. The van der Waals surface area contributed by atoms with E-state index >= 15 is 0 Å². The molecule has 0 saturated carbocycles. The second-order valence-corrected chi connectivity index (χ2v) is 5.41. The Labute approximate surface area is 122 Å². The van der Waals surface area contributed by atoms with Crippen LogP contribution in [0, 0.1) is 6.92 Å². The molecule has 0 spiro atoms. The van der Waals surface area contributed by atoms with Crippen molar-refractivity contribution in [3.05, 3.63) is 30.9 Å². The number of rotatable bonds is 3. The highest BCUT2D eigenvalue weighted by atomic mass is 15.3. The van der Waals surface area contributed by atoms with Crippen molar-refractivity contribution < 1.29 is 0 Å². The van der Waals surface area contributed by atoms with E-state index in [0.29, 0.717) is 6.04 Å². The fraction of sp³-hybridized carbons (Fsp3) is 0.429. The van der Waals surface area contributed by atoms with Crippen LogP contribution in [0.25, 0.3) is 11.2 Å². The first-order chi connectivity index (χ1) is 10.3. The van der Waals surface area contributed by atoms with E-state index in [4.69, 9.17) is 0 Å². The summed E-state index contributed by atoms with van der Waals surface area (Å²) in [7, 11) is 0. The van der Waals surface area contributed by atoms with Crippen molar-refractivity contribution >= 4 is 17.0 Å². The maximum absolute atomic E-state index is 4.48. The molecule has 1 fully saturated rings. The summed E-state index contributed by atoms with van der Waals surface area (Å²) in [6.45, 7) is 3.99. The molecule has 0 radical (unpaired) electrons. The van der Waals surface area contributed by atoms with Gasteiger partial charge in [-0.25, -0.2) is 19.9 Å². The first-order valence-electron chi connectivity index (χ1n) is 7.21. The zero-order chi connectivity index (χ0) is 14.2. The van der Waals surface area contributed by atoms with Gasteiger partial charge in [0.25, 0.3) is 0 Å². The molecule has 3 aromatic heterocycles. The molecule has 4 rings (SSSR count). The van der Waals surface area contributed by atoms with Crippen LogP contribution in [0.2, 0.25) is 0 Å². The third-order valence-electron chi connectivity index (χ3n) is 4.18. The van der Waals surface area contributed by atoms with Gasteiger partial charge >= 0.3 is 0 Å². The number of aryl methyl sites for hydroxylation is 1. The molecule has 1 atom stereocenters. The van der Waals surface area contributed by atoms with E-state index in [1.807, 2.05) is 19.3 Å². The second-order valence-electron chi connectivity index (χ2n) is 5.41. The summed E-state index contributed by atoms with van der Waals surface area (Å²) in [6.07, 6.45) is 9.50. The number of nitrogens with one attached hydrogen (secondary N) is 1. The number of nitrogens with zero attached hydrogens (tertiary/aromatic N) is 6. The van der Waals surface area contributed by atoms with Crippen LogP contribution in [-0.4, -0.2) is 42.1 Å². The Morgan fingerprint density at radius 2 is 2.24 bits per heavy atom. The van der Waals surface area contributed by atoms with Crippen molar-refractivity contribution in [3.63, 3.8) is 0 Å². The van der Waals surface area contributed by atoms with E-state index in [0.717, 1.165) is 42.3 Å². The van der Waals surface area contributed by atoms with Crippen molar-refractivity contribution in [1.29, 1.82) is 0 Å². The lowest BCUT2D eigenvalue weighted by molar-refractivity contribution is 0.538. The Kier molecular flexibility index (Phi) is 2.83. The molecule has 0 bridgehead atoms. The van der Waals surface area contributed by atoms with Gasteiger partial charge in [0.1, 0.15) is 17.7 Å². The average molecular weight is 283 g/mol. The molecule has 1 saturated heterocycles. The van der Waals surface area contributed by atoms with Crippen LogP contribution in [0.15, 0.2) is 25.0 Å². The van der Waals surface area contributed by atoms with Crippen molar-refractivity contribution in [2.45, 2.75) is 32.4 Å². The fourth-order valence-corrected chi connectivity index (χ4v) is 3.10. The third-order valence-corrected chi connectivity index (χ3v) is 4.18. The van der Waals surface area contributed by atoms with E-state index in [1.165, 1.54) is 6.42 Å². The van der Waals surface area contributed by atoms with Crippen LogP contribution >= 0.6 is 0 Å². The van der Waals surface area contributed by atoms with Gasteiger partial charge in [-0.1, -0.05) is 0 Å². The molecule has 0 aromatic carbocycles. The van der Waals surface area contributed by atoms with Crippen molar-refractivity contribution in [1.82, 2.24) is 29.5 Å². The molecule has 0 unspecified atom stereocenters. The number of aromatic amines is 1. The largest absolute Gasteiger partial charge is 0.350 e. The Morgan fingerprint density at radius 1 is 1.29 bits per heavy atom. The maximum atomic E-state index is 4.48. The molecule has 7 nitrogen and oxygen atoms in total. The molecule has 1 N–H and O–H groups in total. The van der Waals surface area contributed by atoms with Gasteiger partial charge in [-0.15, -0.1) is 0 Å². The number of H-pyrrole nitrogens is 1. The first kappa shape index (κ1) is 12.3. The molecule has 3 aromatic rings. The smallest absolute Gasteiger partial charge is 0.182 e. The number of aromatic nitrogens is 6. The van der Waals surface area contributed by atoms with Crippen molar-refractivity contribution in [2.75, 3.05) is 11.4 Å². The van der Waals surface area contributed by atoms with E-state index in [-0.39, 0.29) is 0 Å². The van der Waals surface area contributed by atoms with Gasteiger partial charge in [-0.3, -0.25) is 0 Å². The average Bonchev–Trinajstić information content (AvgIpc) is 3.21. The Morgan fingerprint density at radius 3 is 3.10 bits per heavy atom. The zero-order valence-electron chi connectivity index (χ0n) is 11.9. The highest BCUT2D eigenvalue weighted by Crippen LogP contribution is 2.28. The van der Waals surface area contributed by atoms with Gasteiger partial charge in [0, 0.05) is 31.5 Å². The monoisotopic (exact) mass is 283 g/mol. The van der Waals surface area contributed by atoms with Crippen LogP contribution in [-0.2, 0) is 6.54 Å². The molecule has 0 aliphatic carbocycles. The lowest BCUT2D eigenvalue weighted by Gasteiger charge is -2.26. The Balaban J connectivity index is 1.67. The van der Waals surface area contributed by atoms with Crippen molar-refractivity contribution in [2.24, 2.45) is 0 Å². The number of hydrogen-bond acceptors (Lipinski definition) is 5. The minimum atomic E-state index is 0.430. The summed E-state index contributed by atoms with van der Waals surface area (Å²) in [5.74, 6) is 2.01. The molecule has 7 heteroatoms. The fourth-order valence-electron chi connectivity index (χ4n) is 3.10. The Hall–Kier alpha value is -2.44. The topological polar surface area (TPSA) is 75.5 Å². The summed E-state index contributed by atoms with van der Waals surface area (Å²) >= 11 is 0. The van der Waals surface area contributed by atoms with Crippen LogP contribution in [0.5, 0.6) is 0 Å². The summed E-state index contributed by atoms with van der Waals surface area (Å²) < 4.78 is 2.20. The molecule has 1 aliphatic rings. The van der Waals surface area contributed by atoms with E-state index < -0.39 is 0 Å². The van der Waals surface area contributed by atoms with E-state index in [1.54, 1.807) is 12.7 Å². The number of hydrogen-bond donors (Lipinski definition) is 1. The highest BCUT2D eigenvalue weighted by Gasteiger charge is 2.28. The quantitative estimate of drug-likeness (QED) is 0.789. The summed E-state index contributed by atoms with van der Waals surface area (Å²) in [5.41, 5.74) is 1.65. The van der Waals surface area contributed by atoms with Crippen molar-refractivity contribution in [3.8, 4) is 0 Å². The zero-order valence-corrected chi connectivity index (χ0v) is 11.9. The second kappa shape index (κ2) is 4.83. The number of fused-ring (bicyclic) bond motifs is 1. The molecule has 0 amide bonds. The van der Waals surface area contributed by atoms with Gasteiger partial charge in [0.05, 0.1) is 6.33 Å². The predicted molar refractivity (Wildman–Crippen MR) is 79.0 cm³/mol. The molecule has 108 valence electrons. The first-order valence-corrected chi connectivity index (χ1v) is 7.21. The molecular weight excluding hydrogens is 266 g/mol. The minimum absolute atomic E-state index is 0.430. The molecule has 1 aliphatic heterocycles. The van der Waals surface area contributed by atoms with Gasteiger partial charge in [-0.05, 0) is 19.8 Å². The van der Waals surface area contributed by atoms with E-state index in [2.05, 4.69) is 34.4 Å². The normalized spacial score (nSPS) is 18.7. The van der Waals surface area contributed by atoms with Crippen LogP contribution in [0.3, 0.4) is 0 Å². The SMILES string of the molecule is Cc1nccn1C[C@@H]1CCCN1c1ncnc2nc[nH]c12. The number of anilines is 1. The maximum Gasteiger partial charge on any atom is 0.182 e. The molecule has 21 heavy (non-hydrogen) atoms. The lowest BCUT2D eigenvalue weighted by Crippen LogP contribution is -2.34. The van der Waals surface area contributed by atoms with Gasteiger partial charge < -0.3 is 14.5 Å². The lowest BCUT2D eigenvalue weighted by atomic mass is 10.2.